The second-order valence-electron chi connectivity index (χ2n) is 5.61. The summed E-state index contributed by atoms with van der Waals surface area (Å²) in [5.74, 6) is 0. The van der Waals surface area contributed by atoms with Gasteiger partial charge in [-0.15, -0.1) is 0 Å². The van der Waals surface area contributed by atoms with Gasteiger partial charge in [0.1, 0.15) is 5.60 Å². The van der Waals surface area contributed by atoms with Gasteiger partial charge in [-0.3, -0.25) is 4.90 Å². The Morgan fingerprint density at radius 1 is 1.20 bits per heavy atom. The summed E-state index contributed by atoms with van der Waals surface area (Å²) in [6.45, 7) is 6.62. The van der Waals surface area contributed by atoms with Crippen molar-refractivity contribution in [3.05, 3.63) is 35.4 Å². The third-order valence-corrected chi connectivity index (χ3v) is 2.58. The largest absolute Gasteiger partial charge is 0.444 e. The standard InChI is InChI=1S/C15H24N2O3/c1-15(2,3)20-14(18)17(11-16)9-12-5-7-13(8-6-12)10-19-4/h5-8H,9-11,16H2,1-4H3. The lowest BCUT2D eigenvalue weighted by Crippen LogP contribution is -2.39. The van der Waals surface area contributed by atoms with Crippen LogP contribution in [0.5, 0.6) is 0 Å². The Morgan fingerprint density at radius 2 is 1.75 bits per heavy atom. The molecule has 20 heavy (non-hydrogen) atoms. The van der Waals surface area contributed by atoms with Crippen molar-refractivity contribution in [2.24, 2.45) is 5.73 Å². The highest BCUT2D eigenvalue weighted by Gasteiger charge is 2.21. The Bertz CT molecular complexity index is 424. The molecule has 0 spiro atoms. The number of nitrogens with zero attached hydrogens (tertiary/aromatic N) is 1. The summed E-state index contributed by atoms with van der Waals surface area (Å²) in [6.07, 6.45) is -0.402. The highest BCUT2D eigenvalue weighted by molar-refractivity contribution is 5.68. The molecule has 1 amide bonds. The van der Waals surface area contributed by atoms with E-state index < -0.39 is 11.7 Å². The van der Waals surface area contributed by atoms with Gasteiger partial charge >= 0.3 is 6.09 Å². The van der Waals surface area contributed by atoms with Crippen LogP contribution < -0.4 is 5.73 Å². The molecule has 0 saturated carbocycles. The van der Waals surface area contributed by atoms with Gasteiger partial charge in [0, 0.05) is 7.11 Å². The lowest BCUT2D eigenvalue weighted by atomic mass is 10.1. The molecule has 1 aromatic rings. The fraction of sp³-hybridized carbons (Fsp3) is 0.533. The average molecular weight is 280 g/mol. The summed E-state index contributed by atoms with van der Waals surface area (Å²) in [5, 5.41) is 0. The number of ether oxygens (including phenoxy) is 2. The normalized spacial score (nSPS) is 11.2. The lowest BCUT2D eigenvalue weighted by molar-refractivity contribution is 0.0239. The van der Waals surface area contributed by atoms with Crippen molar-refractivity contribution >= 4 is 6.09 Å². The maximum atomic E-state index is 12.0. The molecule has 112 valence electrons. The zero-order valence-electron chi connectivity index (χ0n) is 12.7. The molecule has 0 aliphatic rings. The number of methoxy groups -OCH3 is 1. The van der Waals surface area contributed by atoms with Gasteiger partial charge in [0.05, 0.1) is 19.8 Å². The van der Waals surface area contributed by atoms with Crippen molar-refractivity contribution in [1.29, 1.82) is 0 Å². The van der Waals surface area contributed by atoms with Crippen LogP contribution >= 0.6 is 0 Å². The molecular formula is C15H24N2O3. The van der Waals surface area contributed by atoms with E-state index in [1.165, 1.54) is 4.90 Å². The molecule has 0 aromatic heterocycles. The van der Waals surface area contributed by atoms with E-state index in [2.05, 4.69) is 0 Å². The molecular weight excluding hydrogens is 256 g/mol. The third kappa shape index (κ3) is 5.59. The Hall–Kier alpha value is -1.59. The van der Waals surface area contributed by atoms with Crippen molar-refractivity contribution in [1.82, 2.24) is 4.90 Å². The van der Waals surface area contributed by atoms with Crippen LogP contribution in [-0.4, -0.2) is 30.4 Å². The first-order valence-electron chi connectivity index (χ1n) is 6.60. The summed E-state index contributed by atoms with van der Waals surface area (Å²) in [7, 11) is 1.66. The van der Waals surface area contributed by atoms with Gasteiger partial charge in [0.2, 0.25) is 0 Å². The summed E-state index contributed by atoms with van der Waals surface area (Å²) in [6, 6.07) is 7.87. The Labute approximate surface area is 120 Å². The summed E-state index contributed by atoms with van der Waals surface area (Å²) in [5.41, 5.74) is 7.19. The smallest absolute Gasteiger partial charge is 0.411 e. The van der Waals surface area contributed by atoms with Crippen LogP contribution in [0.25, 0.3) is 0 Å². The molecule has 1 rings (SSSR count). The molecule has 0 heterocycles. The van der Waals surface area contributed by atoms with Gasteiger partial charge in [-0.05, 0) is 31.9 Å². The highest BCUT2D eigenvalue weighted by Crippen LogP contribution is 2.13. The van der Waals surface area contributed by atoms with Crippen molar-refractivity contribution in [2.75, 3.05) is 13.8 Å². The molecule has 5 heteroatoms. The molecule has 0 atom stereocenters. The molecule has 0 bridgehead atoms. The summed E-state index contributed by atoms with van der Waals surface area (Å²) < 4.78 is 10.4. The fourth-order valence-electron chi connectivity index (χ4n) is 1.66. The first-order chi connectivity index (χ1) is 9.35. The maximum absolute atomic E-state index is 12.0. The summed E-state index contributed by atoms with van der Waals surface area (Å²) >= 11 is 0. The predicted molar refractivity (Wildman–Crippen MR) is 78.0 cm³/mol. The second-order valence-corrected chi connectivity index (χ2v) is 5.61. The SMILES string of the molecule is COCc1ccc(CN(CN)C(=O)OC(C)(C)C)cc1. The van der Waals surface area contributed by atoms with Crippen LogP contribution in [0.4, 0.5) is 4.79 Å². The van der Waals surface area contributed by atoms with Crippen molar-refractivity contribution in [2.45, 2.75) is 39.5 Å². The van der Waals surface area contributed by atoms with E-state index in [4.69, 9.17) is 15.2 Å². The maximum Gasteiger partial charge on any atom is 0.411 e. The predicted octanol–water partition coefficient (Wildman–Crippen LogP) is 2.49. The Kier molecular flexibility index (Phi) is 5.98. The molecule has 0 aliphatic heterocycles. The van der Waals surface area contributed by atoms with E-state index in [9.17, 15) is 4.79 Å². The third-order valence-electron chi connectivity index (χ3n) is 2.58. The quantitative estimate of drug-likeness (QED) is 0.842. The van der Waals surface area contributed by atoms with E-state index in [1.807, 2.05) is 45.0 Å². The number of amides is 1. The number of hydrogen-bond donors (Lipinski definition) is 1. The molecule has 2 N–H and O–H groups in total. The van der Waals surface area contributed by atoms with Gasteiger partial charge in [-0.2, -0.15) is 0 Å². The van der Waals surface area contributed by atoms with Crippen LogP contribution in [0, 0.1) is 0 Å². The van der Waals surface area contributed by atoms with Crippen LogP contribution in [0.2, 0.25) is 0 Å². The highest BCUT2D eigenvalue weighted by atomic mass is 16.6. The number of carbonyl (C=O) groups is 1. The zero-order valence-corrected chi connectivity index (χ0v) is 12.7. The number of nitrogens with two attached hydrogens (primary N) is 1. The minimum Gasteiger partial charge on any atom is -0.444 e. The Balaban J connectivity index is 2.66. The van der Waals surface area contributed by atoms with E-state index >= 15 is 0 Å². The van der Waals surface area contributed by atoms with E-state index in [0.29, 0.717) is 13.2 Å². The average Bonchev–Trinajstić information content (AvgIpc) is 2.36. The molecule has 0 saturated heterocycles. The molecule has 0 unspecified atom stereocenters. The van der Waals surface area contributed by atoms with Gasteiger partial charge in [-0.25, -0.2) is 4.79 Å². The molecule has 0 radical (unpaired) electrons. The molecule has 0 fully saturated rings. The van der Waals surface area contributed by atoms with Gasteiger partial charge in [0.15, 0.2) is 0 Å². The minimum atomic E-state index is -0.521. The lowest BCUT2D eigenvalue weighted by Gasteiger charge is -2.26. The molecule has 1 aromatic carbocycles. The number of rotatable bonds is 5. The number of carbonyl (C=O) groups excluding carboxylic acids is 1. The summed E-state index contributed by atoms with van der Waals surface area (Å²) in [4.78, 5) is 13.4. The molecule has 5 nitrogen and oxygen atoms in total. The number of benzene rings is 1. The van der Waals surface area contributed by atoms with Crippen molar-refractivity contribution < 1.29 is 14.3 Å². The number of hydrogen-bond acceptors (Lipinski definition) is 4. The van der Waals surface area contributed by atoms with Crippen LogP contribution in [0.15, 0.2) is 24.3 Å². The van der Waals surface area contributed by atoms with Crippen molar-refractivity contribution in [3.63, 3.8) is 0 Å². The monoisotopic (exact) mass is 280 g/mol. The van der Waals surface area contributed by atoms with E-state index in [0.717, 1.165) is 11.1 Å². The van der Waals surface area contributed by atoms with E-state index in [-0.39, 0.29) is 6.67 Å². The first-order valence-corrected chi connectivity index (χ1v) is 6.60. The Morgan fingerprint density at radius 3 is 2.20 bits per heavy atom. The zero-order chi connectivity index (χ0) is 15.2. The minimum absolute atomic E-state index is 0.120. The van der Waals surface area contributed by atoms with Crippen molar-refractivity contribution in [3.8, 4) is 0 Å². The fourth-order valence-corrected chi connectivity index (χ4v) is 1.66. The van der Waals surface area contributed by atoms with Gasteiger partial charge in [0.25, 0.3) is 0 Å². The topological polar surface area (TPSA) is 64.8 Å². The molecule has 0 aliphatic carbocycles. The first kappa shape index (κ1) is 16.5. The van der Waals surface area contributed by atoms with Crippen LogP contribution in [-0.2, 0) is 22.6 Å². The van der Waals surface area contributed by atoms with Gasteiger partial charge in [-0.1, -0.05) is 24.3 Å². The van der Waals surface area contributed by atoms with Gasteiger partial charge < -0.3 is 15.2 Å². The van der Waals surface area contributed by atoms with E-state index in [1.54, 1.807) is 7.11 Å². The van der Waals surface area contributed by atoms with Crippen LogP contribution in [0.1, 0.15) is 31.9 Å². The second kappa shape index (κ2) is 7.26. The van der Waals surface area contributed by atoms with Crippen LogP contribution in [0.3, 0.4) is 0 Å².